The lowest BCUT2D eigenvalue weighted by molar-refractivity contribution is 0.392. The molecule has 0 aliphatic carbocycles. The van der Waals surface area contributed by atoms with Gasteiger partial charge in [-0.05, 0) is 30.2 Å². The SMILES string of the molecule is COc1cccc2nc(Cc3ccccc3C)cn12. The summed E-state index contributed by atoms with van der Waals surface area (Å²) in [6.45, 7) is 2.13. The van der Waals surface area contributed by atoms with Gasteiger partial charge in [0.1, 0.15) is 5.65 Å². The van der Waals surface area contributed by atoms with E-state index in [4.69, 9.17) is 4.74 Å². The van der Waals surface area contributed by atoms with Gasteiger partial charge in [0, 0.05) is 12.6 Å². The van der Waals surface area contributed by atoms with E-state index in [0.717, 1.165) is 23.6 Å². The van der Waals surface area contributed by atoms with E-state index in [1.54, 1.807) is 7.11 Å². The molecule has 3 nitrogen and oxygen atoms in total. The largest absolute Gasteiger partial charge is 0.482 e. The number of benzene rings is 1. The van der Waals surface area contributed by atoms with Crippen molar-refractivity contribution < 1.29 is 4.74 Å². The van der Waals surface area contributed by atoms with Crippen LogP contribution in [0.1, 0.15) is 16.8 Å². The quantitative estimate of drug-likeness (QED) is 0.715. The van der Waals surface area contributed by atoms with Crippen LogP contribution in [-0.2, 0) is 6.42 Å². The predicted molar refractivity (Wildman–Crippen MR) is 75.7 cm³/mol. The van der Waals surface area contributed by atoms with Crippen LogP contribution in [-0.4, -0.2) is 16.5 Å². The van der Waals surface area contributed by atoms with E-state index in [2.05, 4.69) is 36.2 Å². The summed E-state index contributed by atoms with van der Waals surface area (Å²) in [5, 5.41) is 0. The van der Waals surface area contributed by atoms with Crippen LogP contribution in [0.4, 0.5) is 0 Å². The standard InChI is InChI=1S/C16H16N2O/c1-12-6-3-4-7-13(12)10-14-11-18-15(17-14)8-5-9-16(18)19-2/h3-9,11H,10H2,1-2H3. The first kappa shape index (κ1) is 11.8. The number of rotatable bonds is 3. The molecule has 2 aromatic heterocycles. The lowest BCUT2D eigenvalue weighted by Gasteiger charge is -2.02. The van der Waals surface area contributed by atoms with Crippen LogP contribution in [0.2, 0.25) is 0 Å². The van der Waals surface area contributed by atoms with Crippen molar-refractivity contribution in [2.45, 2.75) is 13.3 Å². The van der Waals surface area contributed by atoms with E-state index in [9.17, 15) is 0 Å². The lowest BCUT2D eigenvalue weighted by Crippen LogP contribution is -1.92. The Morgan fingerprint density at radius 1 is 1.11 bits per heavy atom. The maximum Gasteiger partial charge on any atom is 0.198 e. The van der Waals surface area contributed by atoms with E-state index < -0.39 is 0 Å². The molecular weight excluding hydrogens is 236 g/mol. The molecule has 0 amide bonds. The van der Waals surface area contributed by atoms with Crippen molar-refractivity contribution in [1.82, 2.24) is 9.38 Å². The summed E-state index contributed by atoms with van der Waals surface area (Å²) in [4.78, 5) is 4.64. The van der Waals surface area contributed by atoms with Gasteiger partial charge in [-0.3, -0.25) is 4.40 Å². The van der Waals surface area contributed by atoms with Crippen molar-refractivity contribution in [2.24, 2.45) is 0 Å². The zero-order chi connectivity index (χ0) is 13.2. The number of aryl methyl sites for hydroxylation is 1. The van der Waals surface area contributed by atoms with E-state index in [0.29, 0.717) is 0 Å². The predicted octanol–water partition coefficient (Wildman–Crippen LogP) is 3.24. The Balaban J connectivity index is 2.00. The van der Waals surface area contributed by atoms with Gasteiger partial charge in [0.05, 0.1) is 12.8 Å². The lowest BCUT2D eigenvalue weighted by atomic mass is 10.0. The molecule has 19 heavy (non-hydrogen) atoms. The van der Waals surface area contributed by atoms with Crippen LogP contribution in [0, 0.1) is 6.92 Å². The van der Waals surface area contributed by atoms with Gasteiger partial charge in [0.15, 0.2) is 5.88 Å². The minimum Gasteiger partial charge on any atom is -0.482 e. The third kappa shape index (κ3) is 2.19. The Kier molecular flexibility index (Phi) is 2.95. The molecule has 0 atom stereocenters. The Hall–Kier alpha value is -2.29. The van der Waals surface area contributed by atoms with Gasteiger partial charge >= 0.3 is 0 Å². The van der Waals surface area contributed by atoms with Gasteiger partial charge in [-0.25, -0.2) is 4.98 Å². The summed E-state index contributed by atoms with van der Waals surface area (Å²) in [5.74, 6) is 0.807. The number of hydrogen-bond acceptors (Lipinski definition) is 2. The fourth-order valence-electron chi connectivity index (χ4n) is 2.29. The van der Waals surface area contributed by atoms with Crippen molar-refractivity contribution in [3.63, 3.8) is 0 Å². The van der Waals surface area contributed by atoms with Crippen molar-refractivity contribution in [1.29, 1.82) is 0 Å². The molecule has 0 aliphatic rings. The summed E-state index contributed by atoms with van der Waals surface area (Å²) in [7, 11) is 1.68. The number of fused-ring (bicyclic) bond motifs is 1. The molecule has 0 radical (unpaired) electrons. The number of hydrogen-bond donors (Lipinski definition) is 0. The van der Waals surface area contributed by atoms with E-state index in [1.807, 2.05) is 28.8 Å². The van der Waals surface area contributed by atoms with Gasteiger partial charge in [-0.1, -0.05) is 30.3 Å². The second-order valence-electron chi connectivity index (χ2n) is 4.63. The fraction of sp³-hybridized carbons (Fsp3) is 0.188. The molecule has 0 aliphatic heterocycles. The second-order valence-corrected chi connectivity index (χ2v) is 4.63. The number of imidazole rings is 1. The topological polar surface area (TPSA) is 26.5 Å². The molecule has 0 unspecified atom stereocenters. The van der Waals surface area contributed by atoms with Crippen LogP contribution >= 0.6 is 0 Å². The van der Waals surface area contributed by atoms with Crippen molar-refractivity contribution in [2.75, 3.05) is 7.11 Å². The Bertz CT molecular complexity index is 716. The second kappa shape index (κ2) is 4.76. The maximum absolute atomic E-state index is 5.34. The molecule has 0 spiro atoms. The highest BCUT2D eigenvalue weighted by atomic mass is 16.5. The summed E-state index contributed by atoms with van der Waals surface area (Å²) < 4.78 is 7.32. The summed E-state index contributed by atoms with van der Waals surface area (Å²) >= 11 is 0. The van der Waals surface area contributed by atoms with Crippen LogP contribution in [0.15, 0.2) is 48.7 Å². The number of ether oxygens (including phenoxy) is 1. The number of methoxy groups -OCH3 is 1. The first-order valence-electron chi connectivity index (χ1n) is 6.33. The summed E-state index contributed by atoms with van der Waals surface area (Å²) in [5.41, 5.74) is 4.58. The zero-order valence-corrected chi connectivity index (χ0v) is 11.1. The molecule has 0 saturated carbocycles. The number of nitrogens with zero attached hydrogens (tertiary/aromatic N) is 2. The molecule has 3 heteroatoms. The van der Waals surface area contributed by atoms with Crippen LogP contribution in [0.5, 0.6) is 5.88 Å². The van der Waals surface area contributed by atoms with Gasteiger partial charge in [0.25, 0.3) is 0 Å². The highest BCUT2D eigenvalue weighted by Gasteiger charge is 2.07. The number of aromatic nitrogens is 2. The average molecular weight is 252 g/mol. The number of pyridine rings is 1. The van der Waals surface area contributed by atoms with Crippen LogP contribution in [0.3, 0.4) is 0 Å². The maximum atomic E-state index is 5.34. The van der Waals surface area contributed by atoms with Crippen molar-refractivity contribution in [3.8, 4) is 5.88 Å². The molecule has 0 fully saturated rings. The third-order valence-corrected chi connectivity index (χ3v) is 3.35. The monoisotopic (exact) mass is 252 g/mol. The Morgan fingerprint density at radius 3 is 2.74 bits per heavy atom. The average Bonchev–Trinajstić information content (AvgIpc) is 2.83. The molecule has 3 rings (SSSR count). The molecule has 0 saturated heterocycles. The molecule has 1 aromatic carbocycles. The minimum absolute atomic E-state index is 0.807. The van der Waals surface area contributed by atoms with Gasteiger partial charge in [-0.15, -0.1) is 0 Å². The molecule has 3 aromatic rings. The Labute approximate surface area is 112 Å². The molecular formula is C16H16N2O. The smallest absolute Gasteiger partial charge is 0.198 e. The fourth-order valence-corrected chi connectivity index (χ4v) is 2.29. The zero-order valence-electron chi connectivity index (χ0n) is 11.1. The molecule has 2 heterocycles. The van der Waals surface area contributed by atoms with Crippen LogP contribution in [0.25, 0.3) is 5.65 Å². The first-order chi connectivity index (χ1) is 9.28. The van der Waals surface area contributed by atoms with E-state index >= 15 is 0 Å². The minimum atomic E-state index is 0.807. The van der Waals surface area contributed by atoms with Gasteiger partial charge in [0.2, 0.25) is 0 Å². The van der Waals surface area contributed by atoms with Crippen molar-refractivity contribution in [3.05, 3.63) is 65.5 Å². The summed E-state index contributed by atoms with van der Waals surface area (Å²) in [6.07, 6.45) is 2.89. The third-order valence-electron chi connectivity index (χ3n) is 3.35. The van der Waals surface area contributed by atoms with E-state index in [-0.39, 0.29) is 0 Å². The van der Waals surface area contributed by atoms with Crippen molar-refractivity contribution >= 4 is 5.65 Å². The highest BCUT2D eigenvalue weighted by molar-refractivity contribution is 5.44. The summed E-state index contributed by atoms with van der Waals surface area (Å²) in [6, 6.07) is 14.3. The Morgan fingerprint density at radius 2 is 1.95 bits per heavy atom. The van der Waals surface area contributed by atoms with E-state index in [1.165, 1.54) is 11.1 Å². The highest BCUT2D eigenvalue weighted by Crippen LogP contribution is 2.18. The molecule has 0 N–H and O–H groups in total. The van der Waals surface area contributed by atoms with Gasteiger partial charge < -0.3 is 4.74 Å². The van der Waals surface area contributed by atoms with Crippen LogP contribution < -0.4 is 4.74 Å². The normalized spacial score (nSPS) is 10.8. The first-order valence-corrected chi connectivity index (χ1v) is 6.33. The van der Waals surface area contributed by atoms with Gasteiger partial charge in [-0.2, -0.15) is 0 Å². The molecule has 96 valence electrons. The molecule has 0 bridgehead atoms.